The number of nitriles is 1. The maximum atomic E-state index is 12.1. The topological polar surface area (TPSA) is 87.9 Å². The van der Waals surface area contributed by atoms with Gasteiger partial charge in [-0.05, 0) is 31.0 Å². The average molecular weight is 283 g/mol. The van der Waals surface area contributed by atoms with Crippen molar-refractivity contribution >= 4 is 11.0 Å². The second-order valence-corrected chi connectivity index (χ2v) is 5.44. The highest BCUT2D eigenvalue weighted by Gasteiger charge is 2.17. The third-order valence-electron chi connectivity index (χ3n) is 3.95. The number of hydrogen-bond donors (Lipinski definition) is 1. The van der Waals surface area contributed by atoms with Crippen molar-refractivity contribution in [2.75, 3.05) is 13.1 Å². The highest BCUT2D eigenvalue weighted by molar-refractivity contribution is 5.76. The second kappa shape index (κ2) is 5.64. The molecule has 3 rings (SSSR count). The summed E-state index contributed by atoms with van der Waals surface area (Å²) in [5.74, 6) is 0. The van der Waals surface area contributed by atoms with Gasteiger partial charge in [-0.1, -0.05) is 0 Å². The minimum Gasteiger partial charge on any atom is -0.328 e. The molecule has 0 amide bonds. The van der Waals surface area contributed by atoms with Crippen molar-refractivity contribution in [1.29, 1.82) is 5.26 Å². The van der Waals surface area contributed by atoms with Crippen LogP contribution in [0.15, 0.2) is 29.2 Å². The molecule has 108 valence electrons. The molecule has 2 heterocycles. The Morgan fingerprint density at radius 1 is 1.38 bits per heavy atom. The summed E-state index contributed by atoms with van der Waals surface area (Å²) in [7, 11) is 0. The quantitative estimate of drug-likeness (QED) is 0.874. The highest BCUT2D eigenvalue weighted by Crippen LogP contribution is 2.14. The van der Waals surface area contributed by atoms with E-state index in [1.54, 1.807) is 22.8 Å². The van der Waals surface area contributed by atoms with Gasteiger partial charge in [-0.25, -0.2) is 4.98 Å². The average Bonchev–Trinajstić information content (AvgIpc) is 2.51. The van der Waals surface area contributed by atoms with E-state index >= 15 is 0 Å². The fraction of sp³-hybridized carbons (Fsp3) is 0.400. The van der Waals surface area contributed by atoms with E-state index in [2.05, 4.69) is 16.0 Å². The van der Waals surface area contributed by atoms with E-state index in [1.807, 2.05) is 0 Å². The zero-order valence-corrected chi connectivity index (χ0v) is 11.7. The van der Waals surface area contributed by atoms with Crippen LogP contribution < -0.4 is 11.3 Å². The summed E-state index contributed by atoms with van der Waals surface area (Å²) >= 11 is 0. The summed E-state index contributed by atoms with van der Waals surface area (Å²) < 4.78 is 1.68. The van der Waals surface area contributed by atoms with Crippen LogP contribution in [0.3, 0.4) is 0 Å². The molecule has 0 saturated carbocycles. The number of nitrogens with two attached hydrogens (primary N) is 1. The molecule has 1 aliphatic rings. The smallest absolute Gasteiger partial charge is 0.270 e. The number of nitrogens with zero attached hydrogens (tertiary/aromatic N) is 4. The lowest BCUT2D eigenvalue weighted by atomic mass is 10.1. The Morgan fingerprint density at radius 3 is 2.86 bits per heavy atom. The Balaban J connectivity index is 1.98. The minimum atomic E-state index is -0.146. The molecule has 1 aromatic heterocycles. The molecule has 1 saturated heterocycles. The first-order valence-corrected chi connectivity index (χ1v) is 7.05. The summed E-state index contributed by atoms with van der Waals surface area (Å²) in [6.45, 7) is 2.28. The SMILES string of the molecule is N#Cc1ccc2ncc(=O)n(CN3CCC(N)CC3)c2c1. The third-order valence-corrected chi connectivity index (χ3v) is 3.95. The van der Waals surface area contributed by atoms with Crippen LogP contribution in [-0.4, -0.2) is 33.6 Å². The lowest BCUT2D eigenvalue weighted by Crippen LogP contribution is -2.42. The molecule has 6 nitrogen and oxygen atoms in total. The summed E-state index contributed by atoms with van der Waals surface area (Å²) in [6, 6.07) is 7.57. The van der Waals surface area contributed by atoms with Crippen LogP contribution in [0, 0.1) is 11.3 Å². The van der Waals surface area contributed by atoms with Crippen LogP contribution in [-0.2, 0) is 6.67 Å². The molecule has 0 bridgehead atoms. The highest BCUT2D eigenvalue weighted by atomic mass is 16.1. The molecule has 6 heteroatoms. The van der Waals surface area contributed by atoms with Crippen LogP contribution in [0.1, 0.15) is 18.4 Å². The summed E-state index contributed by atoms with van der Waals surface area (Å²) in [5.41, 5.74) is 7.72. The summed E-state index contributed by atoms with van der Waals surface area (Å²) in [6.07, 6.45) is 3.23. The minimum absolute atomic E-state index is 0.146. The number of benzene rings is 1. The predicted octanol–water partition coefficient (Wildman–Crippen LogP) is 0.649. The van der Waals surface area contributed by atoms with Crippen molar-refractivity contribution in [2.45, 2.75) is 25.6 Å². The number of piperidine rings is 1. The number of aromatic nitrogens is 2. The van der Waals surface area contributed by atoms with E-state index in [4.69, 9.17) is 11.0 Å². The first-order valence-electron chi connectivity index (χ1n) is 7.05. The van der Waals surface area contributed by atoms with Gasteiger partial charge in [-0.3, -0.25) is 14.3 Å². The summed E-state index contributed by atoms with van der Waals surface area (Å²) in [4.78, 5) is 18.5. The van der Waals surface area contributed by atoms with Gasteiger partial charge < -0.3 is 5.73 Å². The normalized spacial score (nSPS) is 17.0. The van der Waals surface area contributed by atoms with Gasteiger partial charge in [0.05, 0.1) is 35.5 Å². The maximum absolute atomic E-state index is 12.1. The largest absolute Gasteiger partial charge is 0.328 e. The number of hydrogen-bond acceptors (Lipinski definition) is 5. The first-order chi connectivity index (χ1) is 10.2. The molecular weight excluding hydrogens is 266 g/mol. The van der Waals surface area contributed by atoms with Gasteiger partial charge in [0, 0.05) is 19.1 Å². The molecule has 0 unspecified atom stereocenters. The van der Waals surface area contributed by atoms with Crippen molar-refractivity contribution in [3.05, 3.63) is 40.3 Å². The molecule has 21 heavy (non-hydrogen) atoms. The Kier molecular flexibility index (Phi) is 3.69. The third kappa shape index (κ3) is 2.79. The van der Waals surface area contributed by atoms with Gasteiger partial charge >= 0.3 is 0 Å². The van der Waals surface area contributed by atoms with Crippen LogP contribution in [0.25, 0.3) is 11.0 Å². The van der Waals surface area contributed by atoms with Gasteiger partial charge in [0.1, 0.15) is 0 Å². The lowest BCUT2D eigenvalue weighted by Gasteiger charge is -2.30. The zero-order valence-electron chi connectivity index (χ0n) is 11.7. The first kappa shape index (κ1) is 13.7. The molecular formula is C15H17N5O. The van der Waals surface area contributed by atoms with Crippen molar-refractivity contribution in [1.82, 2.24) is 14.5 Å². The van der Waals surface area contributed by atoms with E-state index in [1.165, 1.54) is 6.20 Å². The van der Waals surface area contributed by atoms with Crippen LogP contribution in [0.4, 0.5) is 0 Å². The Labute approximate surface area is 122 Å². The molecule has 0 aliphatic carbocycles. The van der Waals surface area contributed by atoms with Gasteiger partial charge in [0.15, 0.2) is 0 Å². The van der Waals surface area contributed by atoms with E-state index in [0.29, 0.717) is 17.7 Å². The standard InChI is InChI=1S/C15H17N5O/c16-8-11-1-2-13-14(7-11)20(15(21)9-18-13)10-19-5-3-12(17)4-6-19/h1-2,7,9,12H,3-6,10,17H2. The van der Waals surface area contributed by atoms with Crippen molar-refractivity contribution in [2.24, 2.45) is 5.73 Å². The van der Waals surface area contributed by atoms with Crippen molar-refractivity contribution in [3.63, 3.8) is 0 Å². The van der Waals surface area contributed by atoms with E-state index in [0.717, 1.165) is 31.4 Å². The molecule has 0 spiro atoms. The second-order valence-electron chi connectivity index (χ2n) is 5.44. The number of likely N-dealkylation sites (tertiary alicyclic amines) is 1. The Morgan fingerprint density at radius 2 is 2.14 bits per heavy atom. The fourth-order valence-corrected chi connectivity index (χ4v) is 2.67. The number of fused-ring (bicyclic) bond motifs is 1. The predicted molar refractivity (Wildman–Crippen MR) is 79.5 cm³/mol. The molecule has 2 aromatic rings. The van der Waals surface area contributed by atoms with E-state index in [9.17, 15) is 4.79 Å². The summed E-state index contributed by atoms with van der Waals surface area (Å²) in [5, 5.41) is 9.03. The molecule has 0 atom stereocenters. The maximum Gasteiger partial charge on any atom is 0.270 e. The zero-order chi connectivity index (χ0) is 14.8. The molecule has 1 aromatic carbocycles. The van der Waals surface area contributed by atoms with Crippen LogP contribution in [0.5, 0.6) is 0 Å². The molecule has 2 N–H and O–H groups in total. The van der Waals surface area contributed by atoms with Crippen LogP contribution in [0.2, 0.25) is 0 Å². The molecule has 1 fully saturated rings. The van der Waals surface area contributed by atoms with Gasteiger partial charge in [-0.2, -0.15) is 5.26 Å². The van der Waals surface area contributed by atoms with Crippen LogP contribution >= 0.6 is 0 Å². The Hall–Kier alpha value is -2.23. The lowest BCUT2D eigenvalue weighted by molar-refractivity contribution is 0.171. The van der Waals surface area contributed by atoms with Crippen molar-refractivity contribution in [3.8, 4) is 6.07 Å². The van der Waals surface area contributed by atoms with Crippen molar-refractivity contribution < 1.29 is 0 Å². The monoisotopic (exact) mass is 283 g/mol. The molecule has 0 radical (unpaired) electrons. The van der Waals surface area contributed by atoms with E-state index in [-0.39, 0.29) is 11.6 Å². The number of rotatable bonds is 2. The van der Waals surface area contributed by atoms with Gasteiger partial charge in [0.2, 0.25) is 0 Å². The van der Waals surface area contributed by atoms with E-state index < -0.39 is 0 Å². The Bertz CT molecular complexity index is 753. The van der Waals surface area contributed by atoms with Gasteiger partial charge in [-0.15, -0.1) is 0 Å². The molecule has 1 aliphatic heterocycles. The fourth-order valence-electron chi connectivity index (χ4n) is 2.67. The van der Waals surface area contributed by atoms with Gasteiger partial charge in [0.25, 0.3) is 5.56 Å².